The second-order valence-corrected chi connectivity index (χ2v) is 4.56. The highest BCUT2D eigenvalue weighted by atomic mass is 35.5. The summed E-state index contributed by atoms with van der Waals surface area (Å²) in [5, 5.41) is 0.724. The van der Waals surface area contributed by atoms with Crippen molar-refractivity contribution < 1.29 is 4.74 Å². The van der Waals surface area contributed by atoms with Crippen LogP contribution in [0.2, 0.25) is 5.02 Å². The van der Waals surface area contributed by atoms with Crippen LogP contribution in [0.4, 0.5) is 0 Å². The third-order valence-electron chi connectivity index (χ3n) is 2.54. The van der Waals surface area contributed by atoms with E-state index in [1.165, 1.54) is 0 Å². The van der Waals surface area contributed by atoms with E-state index in [1.807, 2.05) is 43.3 Å². The quantitative estimate of drug-likeness (QED) is 0.919. The van der Waals surface area contributed by atoms with Crippen LogP contribution >= 0.6 is 11.6 Å². The summed E-state index contributed by atoms with van der Waals surface area (Å²) in [5.41, 5.74) is 7.65. The maximum absolute atomic E-state index is 5.81. The minimum absolute atomic E-state index is 0.0599. The Labute approximate surface area is 112 Å². The summed E-state index contributed by atoms with van der Waals surface area (Å²) in [7, 11) is 0. The van der Waals surface area contributed by atoms with Crippen LogP contribution in [-0.4, -0.2) is 4.98 Å². The lowest BCUT2D eigenvalue weighted by molar-refractivity contribution is 0.304. The maximum Gasteiger partial charge on any atom is 0.138 e. The van der Waals surface area contributed by atoms with Crippen LogP contribution in [0.15, 0.2) is 42.6 Å². The van der Waals surface area contributed by atoms with Gasteiger partial charge in [-0.05, 0) is 36.8 Å². The number of benzene rings is 1. The molecule has 0 spiro atoms. The third kappa shape index (κ3) is 3.45. The van der Waals surface area contributed by atoms with Crippen LogP contribution in [0.25, 0.3) is 0 Å². The summed E-state index contributed by atoms with van der Waals surface area (Å²) in [6.45, 7) is 2.40. The molecule has 3 nitrogen and oxygen atoms in total. The van der Waals surface area contributed by atoms with Crippen molar-refractivity contribution in [1.29, 1.82) is 0 Å². The Bertz CT molecular complexity index is 494. The molecule has 0 unspecified atom stereocenters. The van der Waals surface area contributed by atoms with Crippen molar-refractivity contribution in [3.8, 4) is 5.75 Å². The zero-order valence-corrected chi connectivity index (χ0v) is 10.9. The van der Waals surface area contributed by atoms with Gasteiger partial charge in [0.1, 0.15) is 12.4 Å². The summed E-state index contributed by atoms with van der Waals surface area (Å²) < 4.78 is 5.62. The molecule has 0 saturated carbocycles. The van der Waals surface area contributed by atoms with Crippen molar-refractivity contribution in [2.24, 2.45) is 5.73 Å². The molecule has 0 saturated heterocycles. The topological polar surface area (TPSA) is 48.1 Å². The molecule has 0 aliphatic rings. The average Bonchev–Trinajstić information content (AvgIpc) is 2.38. The Kier molecular flexibility index (Phi) is 4.18. The lowest BCUT2D eigenvalue weighted by Crippen LogP contribution is -2.07. The summed E-state index contributed by atoms with van der Waals surface area (Å²) >= 11 is 5.81. The van der Waals surface area contributed by atoms with Crippen molar-refractivity contribution in [2.45, 2.75) is 19.6 Å². The molecule has 4 heteroatoms. The van der Waals surface area contributed by atoms with Crippen LogP contribution in [0.3, 0.4) is 0 Å². The Balaban J connectivity index is 1.95. The number of hydrogen-bond acceptors (Lipinski definition) is 3. The van der Waals surface area contributed by atoms with Gasteiger partial charge >= 0.3 is 0 Å². The van der Waals surface area contributed by atoms with Crippen LogP contribution in [0, 0.1) is 0 Å². The molecule has 18 heavy (non-hydrogen) atoms. The van der Waals surface area contributed by atoms with Crippen molar-refractivity contribution in [3.63, 3.8) is 0 Å². The van der Waals surface area contributed by atoms with E-state index in [0.717, 1.165) is 22.0 Å². The van der Waals surface area contributed by atoms with Gasteiger partial charge in [-0.25, -0.2) is 0 Å². The molecule has 2 aromatic rings. The number of hydrogen-bond donors (Lipinski definition) is 1. The predicted octanol–water partition coefficient (Wildman–Crippen LogP) is 3.33. The van der Waals surface area contributed by atoms with E-state index in [4.69, 9.17) is 22.1 Å². The number of nitrogens with zero attached hydrogens (tertiary/aromatic N) is 1. The molecule has 1 heterocycles. The van der Waals surface area contributed by atoms with E-state index in [-0.39, 0.29) is 6.04 Å². The number of aromatic nitrogens is 1. The lowest BCUT2D eigenvalue weighted by Gasteiger charge is -2.08. The average molecular weight is 263 g/mol. The lowest BCUT2D eigenvalue weighted by atomic mass is 10.2. The van der Waals surface area contributed by atoms with Crippen molar-refractivity contribution >= 4 is 11.6 Å². The SMILES string of the molecule is C[C@@H](N)c1ccc(OCc2ccc(Cl)cc2)cn1. The Morgan fingerprint density at radius 2 is 1.94 bits per heavy atom. The molecular formula is C14H15ClN2O. The van der Waals surface area contributed by atoms with Crippen LogP contribution in [-0.2, 0) is 6.61 Å². The van der Waals surface area contributed by atoms with Gasteiger partial charge in [-0.3, -0.25) is 4.98 Å². The first-order chi connectivity index (χ1) is 8.65. The van der Waals surface area contributed by atoms with E-state index in [1.54, 1.807) is 6.20 Å². The fraction of sp³-hybridized carbons (Fsp3) is 0.214. The van der Waals surface area contributed by atoms with Crippen molar-refractivity contribution in [1.82, 2.24) is 4.98 Å². The molecule has 1 aromatic heterocycles. The van der Waals surface area contributed by atoms with Gasteiger partial charge in [0.15, 0.2) is 0 Å². The highest BCUT2D eigenvalue weighted by Crippen LogP contribution is 2.15. The van der Waals surface area contributed by atoms with Crippen LogP contribution < -0.4 is 10.5 Å². The van der Waals surface area contributed by atoms with Gasteiger partial charge < -0.3 is 10.5 Å². The predicted molar refractivity (Wildman–Crippen MR) is 72.6 cm³/mol. The smallest absolute Gasteiger partial charge is 0.138 e. The summed E-state index contributed by atoms with van der Waals surface area (Å²) in [6, 6.07) is 11.3. The maximum atomic E-state index is 5.81. The number of ether oxygens (including phenoxy) is 1. The highest BCUT2D eigenvalue weighted by molar-refractivity contribution is 6.30. The van der Waals surface area contributed by atoms with E-state index in [0.29, 0.717) is 6.61 Å². The zero-order chi connectivity index (χ0) is 13.0. The Morgan fingerprint density at radius 3 is 2.50 bits per heavy atom. The largest absolute Gasteiger partial charge is 0.487 e. The van der Waals surface area contributed by atoms with Gasteiger partial charge in [0.25, 0.3) is 0 Å². The molecule has 1 aromatic carbocycles. The van der Waals surface area contributed by atoms with Gasteiger partial charge in [0.2, 0.25) is 0 Å². The Morgan fingerprint density at radius 1 is 1.22 bits per heavy atom. The molecule has 2 N–H and O–H groups in total. The monoisotopic (exact) mass is 262 g/mol. The molecule has 2 rings (SSSR count). The van der Waals surface area contributed by atoms with E-state index in [9.17, 15) is 0 Å². The van der Waals surface area contributed by atoms with Crippen LogP contribution in [0.1, 0.15) is 24.2 Å². The molecule has 0 radical (unpaired) electrons. The minimum atomic E-state index is -0.0599. The number of pyridine rings is 1. The molecule has 0 aliphatic heterocycles. The number of halogens is 1. The molecule has 0 amide bonds. The zero-order valence-electron chi connectivity index (χ0n) is 10.1. The van der Waals surface area contributed by atoms with Gasteiger partial charge in [-0.15, -0.1) is 0 Å². The van der Waals surface area contributed by atoms with E-state index < -0.39 is 0 Å². The normalized spacial score (nSPS) is 12.2. The summed E-state index contributed by atoms with van der Waals surface area (Å²) in [6.07, 6.45) is 1.69. The minimum Gasteiger partial charge on any atom is -0.487 e. The molecule has 94 valence electrons. The highest BCUT2D eigenvalue weighted by Gasteiger charge is 2.01. The first kappa shape index (κ1) is 12.9. The second kappa shape index (κ2) is 5.85. The van der Waals surface area contributed by atoms with Crippen molar-refractivity contribution in [2.75, 3.05) is 0 Å². The van der Waals surface area contributed by atoms with Gasteiger partial charge in [0.05, 0.1) is 11.9 Å². The molecule has 0 aliphatic carbocycles. The van der Waals surface area contributed by atoms with Gasteiger partial charge in [0, 0.05) is 11.1 Å². The first-order valence-corrected chi connectivity index (χ1v) is 6.12. The number of nitrogens with two attached hydrogens (primary N) is 1. The van der Waals surface area contributed by atoms with Crippen LogP contribution in [0.5, 0.6) is 5.75 Å². The fourth-order valence-corrected chi connectivity index (χ4v) is 1.62. The third-order valence-corrected chi connectivity index (χ3v) is 2.80. The summed E-state index contributed by atoms with van der Waals surface area (Å²) in [4.78, 5) is 4.23. The molecule has 0 fully saturated rings. The molecular weight excluding hydrogens is 248 g/mol. The van der Waals surface area contributed by atoms with E-state index >= 15 is 0 Å². The number of rotatable bonds is 4. The van der Waals surface area contributed by atoms with Crippen molar-refractivity contribution in [3.05, 3.63) is 58.9 Å². The fourth-order valence-electron chi connectivity index (χ4n) is 1.49. The standard InChI is InChI=1S/C14H15ClN2O/c1-10(16)14-7-6-13(8-17-14)18-9-11-2-4-12(15)5-3-11/h2-8,10H,9,16H2,1H3/t10-/m1/s1. The Hall–Kier alpha value is -1.58. The van der Waals surface area contributed by atoms with Gasteiger partial charge in [-0.1, -0.05) is 23.7 Å². The summed E-state index contributed by atoms with van der Waals surface area (Å²) in [5.74, 6) is 0.731. The van der Waals surface area contributed by atoms with E-state index in [2.05, 4.69) is 4.98 Å². The molecule has 0 bridgehead atoms. The first-order valence-electron chi connectivity index (χ1n) is 5.74. The van der Waals surface area contributed by atoms with Gasteiger partial charge in [-0.2, -0.15) is 0 Å². The molecule has 1 atom stereocenters. The second-order valence-electron chi connectivity index (χ2n) is 4.12.